The van der Waals surface area contributed by atoms with Gasteiger partial charge in [-0.2, -0.15) is 18.2 Å². The number of aromatic nitrogens is 1. The van der Waals surface area contributed by atoms with Gasteiger partial charge in [-0.3, -0.25) is 0 Å². The smallest absolute Gasteiger partial charge is 0.419 e. The zero-order valence-corrected chi connectivity index (χ0v) is 21.8. The molecule has 0 aliphatic carbocycles. The van der Waals surface area contributed by atoms with Crippen LogP contribution in [0.3, 0.4) is 0 Å². The minimum Gasteiger partial charge on any atom is -0.475 e. The number of ether oxygens (including phenoxy) is 3. The minimum atomic E-state index is -4.67. The standard InChI is InChI=1S/C26H32F4N4O5/c1-17-12-20(27)21(31-24(36)34-5-3-4-25(16-34,37-2)26(28,29)30)15-19(17)18-13-22(33-6-9-38-10-7-33)32-23(14-18)39-11-8-35/h12-15,35H,3-11,16H2,1-2H3,(H,31,36). The molecule has 2 aromatic rings. The van der Waals surface area contributed by atoms with E-state index in [9.17, 15) is 27.5 Å². The number of alkyl halides is 3. The number of morpholine rings is 1. The average Bonchev–Trinajstić information content (AvgIpc) is 2.93. The van der Waals surface area contributed by atoms with E-state index in [0.29, 0.717) is 48.8 Å². The van der Waals surface area contributed by atoms with Crippen LogP contribution in [-0.2, 0) is 9.47 Å². The number of benzene rings is 1. The normalized spacial score (nSPS) is 20.2. The molecule has 0 bridgehead atoms. The molecule has 1 unspecified atom stereocenters. The number of halogens is 4. The number of amides is 2. The van der Waals surface area contributed by atoms with Crippen LogP contribution >= 0.6 is 0 Å². The van der Waals surface area contributed by atoms with E-state index < -0.39 is 30.2 Å². The van der Waals surface area contributed by atoms with E-state index in [1.165, 1.54) is 12.1 Å². The highest BCUT2D eigenvalue weighted by atomic mass is 19.4. The summed E-state index contributed by atoms with van der Waals surface area (Å²) in [5.41, 5.74) is -0.897. The van der Waals surface area contributed by atoms with Crippen LogP contribution < -0.4 is 15.0 Å². The van der Waals surface area contributed by atoms with Gasteiger partial charge >= 0.3 is 12.2 Å². The Balaban J connectivity index is 1.63. The third-order valence-electron chi connectivity index (χ3n) is 6.98. The summed E-state index contributed by atoms with van der Waals surface area (Å²) in [6.45, 7) is 3.17. The lowest BCUT2D eigenvalue weighted by Crippen LogP contribution is -2.59. The molecular formula is C26H32F4N4O5. The Hall–Kier alpha value is -3.16. The molecule has 13 heteroatoms. The summed E-state index contributed by atoms with van der Waals surface area (Å²) in [5, 5.41) is 11.6. The molecule has 4 rings (SSSR count). The Bertz CT molecular complexity index is 1180. The zero-order valence-electron chi connectivity index (χ0n) is 21.8. The highest BCUT2D eigenvalue weighted by Gasteiger charge is 2.57. The lowest BCUT2D eigenvalue weighted by atomic mass is 9.92. The molecule has 1 aromatic carbocycles. The predicted octanol–water partition coefficient (Wildman–Crippen LogP) is 3.98. The van der Waals surface area contributed by atoms with Crippen molar-refractivity contribution in [2.24, 2.45) is 0 Å². The van der Waals surface area contributed by atoms with E-state index in [2.05, 4.69) is 10.3 Å². The van der Waals surface area contributed by atoms with E-state index in [1.54, 1.807) is 13.0 Å². The van der Waals surface area contributed by atoms with Gasteiger partial charge in [-0.15, -0.1) is 0 Å². The fourth-order valence-electron chi connectivity index (χ4n) is 4.81. The van der Waals surface area contributed by atoms with Crippen LogP contribution in [0.5, 0.6) is 5.88 Å². The number of hydrogen-bond donors (Lipinski definition) is 2. The number of nitrogens with zero attached hydrogens (tertiary/aromatic N) is 3. The third kappa shape index (κ3) is 6.36. The number of likely N-dealkylation sites (tertiary alicyclic amines) is 1. The van der Waals surface area contributed by atoms with Crippen LogP contribution in [0.25, 0.3) is 11.1 Å². The van der Waals surface area contributed by atoms with Crippen molar-refractivity contribution in [3.05, 3.63) is 35.6 Å². The molecule has 1 aromatic heterocycles. The Morgan fingerprint density at radius 2 is 1.95 bits per heavy atom. The molecule has 0 saturated carbocycles. The Morgan fingerprint density at radius 3 is 2.62 bits per heavy atom. The molecule has 2 aliphatic heterocycles. The second-order valence-corrected chi connectivity index (χ2v) is 9.52. The first-order chi connectivity index (χ1) is 18.6. The number of pyridine rings is 1. The van der Waals surface area contributed by atoms with Crippen LogP contribution in [0.4, 0.5) is 33.9 Å². The van der Waals surface area contributed by atoms with Crippen molar-refractivity contribution in [3.8, 4) is 17.0 Å². The molecule has 0 radical (unpaired) electrons. The zero-order chi connectivity index (χ0) is 28.2. The van der Waals surface area contributed by atoms with Crippen molar-refractivity contribution < 1.29 is 41.7 Å². The maximum Gasteiger partial charge on any atom is 0.419 e. The molecular weight excluding hydrogens is 524 g/mol. The summed E-state index contributed by atoms with van der Waals surface area (Å²) >= 11 is 0. The first kappa shape index (κ1) is 28.8. The molecule has 2 aliphatic rings. The van der Waals surface area contributed by atoms with E-state index in [0.717, 1.165) is 12.0 Å². The number of carbonyl (C=O) groups excluding carboxylic acids is 1. The molecule has 2 N–H and O–H groups in total. The minimum absolute atomic E-state index is 0.0272. The summed E-state index contributed by atoms with van der Waals surface area (Å²) in [4.78, 5) is 20.5. The van der Waals surface area contributed by atoms with Crippen molar-refractivity contribution >= 4 is 17.5 Å². The SMILES string of the molecule is COC1(C(F)(F)F)CCCN(C(=O)Nc2cc(-c3cc(OCCO)nc(N4CCOCC4)c3)c(C)cc2F)C1. The number of piperidine rings is 1. The number of aryl methyl sites for hydroxylation is 1. The Kier molecular flexibility index (Phi) is 8.82. The van der Waals surface area contributed by atoms with Gasteiger partial charge in [-0.1, -0.05) is 0 Å². The molecule has 2 amide bonds. The highest BCUT2D eigenvalue weighted by Crippen LogP contribution is 2.40. The fraction of sp³-hybridized carbons (Fsp3) is 0.538. The monoisotopic (exact) mass is 556 g/mol. The second-order valence-electron chi connectivity index (χ2n) is 9.52. The first-order valence-corrected chi connectivity index (χ1v) is 12.6. The van der Waals surface area contributed by atoms with Gasteiger partial charge in [0.25, 0.3) is 0 Å². The maximum atomic E-state index is 15.0. The quantitative estimate of drug-likeness (QED) is 0.498. The lowest BCUT2D eigenvalue weighted by molar-refractivity contribution is -0.280. The summed E-state index contributed by atoms with van der Waals surface area (Å²) in [6, 6.07) is 5.29. The van der Waals surface area contributed by atoms with Gasteiger partial charge < -0.3 is 34.4 Å². The van der Waals surface area contributed by atoms with Gasteiger partial charge in [-0.25, -0.2) is 9.18 Å². The lowest BCUT2D eigenvalue weighted by Gasteiger charge is -2.42. The Labute approximate surface area is 223 Å². The molecule has 9 nitrogen and oxygen atoms in total. The highest BCUT2D eigenvalue weighted by molar-refractivity contribution is 5.91. The predicted molar refractivity (Wildman–Crippen MR) is 136 cm³/mol. The van der Waals surface area contributed by atoms with Crippen LogP contribution in [0.15, 0.2) is 24.3 Å². The molecule has 214 valence electrons. The molecule has 2 fully saturated rings. The average molecular weight is 557 g/mol. The van der Waals surface area contributed by atoms with Gasteiger partial charge in [0.2, 0.25) is 5.88 Å². The number of methoxy groups -OCH3 is 1. The van der Waals surface area contributed by atoms with E-state index in [-0.39, 0.29) is 44.2 Å². The number of carbonyl (C=O) groups is 1. The van der Waals surface area contributed by atoms with Crippen molar-refractivity contribution in [2.75, 3.05) is 69.9 Å². The molecule has 3 heterocycles. The molecule has 1 atom stereocenters. The second kappa shape index (κ2) is 11.9. The van der Waals surface area contributed by atoms with Crippen LogP contribution in [0.2, 0.25) is 0 Å². The van der Waals surface area contributed by atoms with E-state index >= 15 is 0 Å². The number of nitrogens with one attached hydrogen (secondary N) is 1. The van der Waals surface area contributed by atoms with Gasteiger partial charge in [0.15, 0.2) is 5.60 Å². The number of urea groups is 1. The van der Waals surface area contributed by atoms with Crippen molar-refractivity contribution in [1.82, 2.24) is 9.88 Å². The van der Waals surface area contributed by atoms with Crippen LogP contribution in [-0.4, -0.2) is 92.5 Å². The van der Waals surface area contributed by atoms with Gasteiger partial charge in [-0.05, 0) is 54.7 Å². The number of anilines is 2. The molecule has 2 saturated heterocycles. The van der Waals surface area contributed by atoms with Crippen LogP contribution in [0, 0.1) is 12.7 Å². The van der Waals surface area contributed by atoms with Gasteiger partial charge in [0, 0.05) is 32.8 Å². The summed E-state index contributed by atoms with van der Waals surface area (Å²) in [7, 11) is 0.971. The van der Waals surface area contributed by atoms with Crippen molar-refractivity contribution in [3.63, 3.8) is 0 Å². The topological polar surface area (TPSA) is 96.4 Å². The van der Waals surface area contributed by atoms with Crippen molar-refractivity contribution in [1.29, 1.82) is 0 Å². The van der Waals surface area contributed by atoms with E-state index in [4.69, 9.17) is 14.2 Å². The number of aliphatic hydroxyl groups excluding tert-OH is 1. The number of hydrogen-bond acceptors (Lipinski definition) is 7. The fourth-order valence-corrected chi connectivity index (χ4v) is 4.81. The van der Waals surface area contributed by atoms with Crippen molar-refractivity contribution in [2.45, 2.75) is 31.5 Å². The largest absolute Gasteiger partial charge is 0.475 e. The summed E-state index contributed by atoms with van der Waals surface area (Å²) < 4.78 is 71.9. The molecule has 39 heavy (non-hydrogen) atoms. The number of aliphatic hydroxyl groups is 1. The van der Waals surface area contributed by atoms with Crippen LogP contribution in [0.1, 0.15) is 18.4 Å². The van der Waals surface area contributed by atoms with E-state index in [1.807, 2.05) is 11.0 Å². The summed E-state index contributed by atoms with van der Waals surface area (Å²) in [6.07, 6.45) is -4.85. The van der Waals surface area contributed by atoms with Gasteiger partial charge in [0.1, 0.15) is 18.2 Å². The third-order valence-corrected chi connectivity index (χ3v) is 6.98. The van der Waals surface area contributed by atoms with Gasteiger partial charge in [0.05, 0.1) is 32.1 Å². The molecule has 0 spiro atoms. The first-order valence-electron chi connectivity index (χ1n) is 12.6. The summed E-state index contributed by atoms with van der Waals surface area (Å²) in [5.74, 6) is 0.137. The number of rotatable bonds is 7. The Morgan fingerprint density at radius 1 is 1.21 bits per heavy atom. The maximum absolute atomic E-state index is 15.0.